The third kappa shape index (κ3) is 5.55. The van der Waals surface area contributed by atoms with E-state index in [4.69, 9.17) is 10.8 Å². The topological polar surface area (TPSA) is 26.0 Å². The van der Waals surface area contributed by atoms with Gasteiger partial charge in [0.1, 0.15) is 5.76 Å². The Balaban J connectivity index is 0. The molecule has 0 radical (unpaired) electrons. The van der Waals surface area contributed by atoms with Crippen molar-refractivity contribution in [3.63, 3.8) is 0 Å². The fourth-order valence-corrected chi connectivity index (χ4v) is 0.421. The maximum atomic E-state index is 4.96. The zero-order chi connectivity index (χ0) is 9.98. The first-order chi connectivity index (χ1) is 5.83. The highest BCUT2D eigenvalue weighted by atomic mass is 16.3. The van der Waals surface area contributed by atoms with E-state index in [0.29, 0.717) is 5.89 Å². The van der Waals surface area contributed by atoms with Crippen molar-refractivity contribution in [1.82, 2.24) is 4.98 Å². The van der Waals surface area contributed by atoms with Gasteiger partial charge < -0.3 is 4.42 Å². The largest absolute Gasteiger partial charge is 0.435 e. The summed E-state index contributed by atoms with van der Waals surface area (Å²) in [6.07, 6.45) is 6.55. The summed E-state index contributed by atoms with van der Waals surface area (Å²) in [5.41, 5.74) is 0. The molecule has 1 rings (SSSR count). The van der Waals surface area contributed by atoms with Crippen molar-refractivity contribution in [1.29, 1.82) is 0 Å². The maximum Gasteiger partial charge on any atom is 0.273 e. The Morgan fingerprint density at radius 3 is 2.00 bits per heavy atom. The van der Waals surface area contributed by atoms with Gasteiger partial charge in [0, 0.05) is 0 Å². The molecule has 0 spiro atoms. The molecule has 12 heavy (non-hydrogen) atoms. The lowest BCUT2D eigenvalue weighted by atomic mass is 10.6. The molecule has 0 aliphatic heterocycles. The highest BCUT2D eigenvalue weighted by molar-refractivity contribution is 5.12. The van der Waals surface area contributed by atoms with Gasteiger partial charge in [-0.1, -0.05) is 27.7 Å². The lowest BCUT2D eigenvalue weighted by molar-refractivity contribution is 0.514. The molecule has 0 atom stereocenters. The predicted octanol–water partition coefficient (Wildman–Crippen LogP) is 3.02. The van der Waals surface area contributed by atoms with Crippen LogP contribution in [0.2, 0.25) is 0 Å². The predicted molar refractivity (Wildman–Crippen MR) is 51.9 cm³/mol. The van der Waals surface area contributed by atoms with Gasteiger partial charge in [-0.2, -0.15) is 0 Å². The third-order valence-electron chi connectivity index (χ3n) is 0.745. The van der Waals surface area contributed by atoms with E-state index in [0.717, 1.165) is 5.76 Å². The van der Waals surface area contributed by atoms with Crippen LogP contribution in [0.25, 0.3) is 0 Å². The lowest BCUT2D eigenvalue weighted by Crippen LogP contribution is -1.64. The van der Waals surface area contributed by atoms with Crippen LogP contribution in [0.5, 0.6) is 0 Å². The van der Waals surface area contributed by atoms with E-state index in [9.17, 15) is 0 Å². The fourth-order valence-electron chi connectivity index (χ4n) is 0.421. The third-order valence-corrected chi connectivity index (χ3v) is 0.745. The van der Waals surface area contributed by atoms with Crippen molar-refractivity contribution < 1.29 is 4.42 Å². The van der Waals surface area contributed by atoms with Gasteiger partial charge >= 0.3 is 0 Å². The standard InChI is InChI=1S/C6H5NO.2C2H6/c1-3-6-7-4-5(2)8-6;2*1-2/h1,4H,2H3;2*1-2H3. The Morgan fingerprint density at radius 1 is 1.33 bits per heavy atom. The van der Waals surface area contributed by atoms with Crippen molar-refractivity contribution in [3.05, 3.63) is 17.8 Å². The minimum Gasteiger partial charge on any atom is -0.435 e. The van der Waals surface area contributed by atoms with Crippen LogP contribution in [0.15, 0.2) is 10.6 Å². The summed E-state index contributed by atoms with van der Waals surface area (Å²) < 4.78 is 4.89. The maximum absolute atomic E-state index is 4.96. The molecule has 0 aromatic carbocycles. The molecule has 68 valence electrons. The Labute approximate surface area is 75.0 Å². The molecule has 1 heterocycles. The van der Waals surface area contributed by atoms with Crippen molar-refractivity contribution >= 4 is 0 Å². The lowest BCUT2D eigenvalue weighted by Gasteiger charge is -1.73. The second-order valence-electron chi connectivity index (χ2n) is 1.42. The summed E-state index contributed by atoms with van der Waals surface area (Å²) >= 11 is 0. The number of terminal acetylenes is 1. The van der Waals surface area contributed by atoms with E-state index in [-0.39, 0.29) is 0 Å². The minimum atomic E-state index is 0.350. The fraction of sp³-hybridized carbons (Fsp3) is 0.500. The number of hydrogen-bond acceptors (Lipinski definition) is 2. The molecule has 1 aromatic rings. The number of aromatic nitrogens is 1. The Hall–Kier alpha value is -1.23. The summed E-state index contributed by atoms with van der Waals surface area (Å²) in [6, 6.07) is 0. The monoisotopic (exact) mass is 167 g/mol. The molecule has 1 aromatic heterocycles. The first-order valence-corrected chi connectivity index (χ1v) is 4.22. The van der Waals surface area contributed by atoms with E-state index < -0.39 is 0 Å². The van der Waals surface area contributed by atoms with Crippen LogP contribution in [-0.4, -0.2) is 4.98 Å². The highest BCUT2D eigenvalue weighted by Gasteiger charge is 1.91. The first-order valence-electron chi connectivity index (χ1n) is 4.22. The quantitative estimate of drug-likeness (QED) is 0.555. The molecule has 0 saturated carbocycles. The van der Waals surface area contributed by atoms with Crippen LogP contribution in [0, 0.1) is 19.3 Å². The minimum absolute atomic E-state index is 0.350. The van der Waals surface area contributed by atoms with Gasteiger partial charge in [0.15, 0.2) is 0 Å². The van der Waals surface area contributed by atoms with Gasteiger partial charge in [-0.15, -0.1) is 6.42 Å². The zero-order valence-electron chi connectivity index (χ0n) is 8.51. The highest BCUT2D eigenvalue weighted by Crippen LogP contribution is 1.97. The molecule has 0 aliphatic carbocycles. The molecule has 0 aliphatic rings. The normalized spacial score (nSPS) is 6.67. The molecule has 0 unspecified atom stereocenters. The number of nitrogens with zero attached hydrogens (tertiary/aromatic N) is 1. The van der Waals surface area contributed by atoms with Gasteiger partial charge in [-0.05, 0) is 12.8 Å². The zero-order valence-corrected chi connectivity index (χ0v) is 8.51. The molecule has 0 N–H and O–H groups in total. The van der Waals surface area contributed by atoms with Gasteiger partial charge in [-0.3, -0.25) is 0 Å². The number of hydrogen-bond donors (Lipinski definition) is 0. The van der Waals surface area contributed by atoms with E-state index in [2.05, 4.69) is 10.9 Å². The molecule has 2 nitrogen and oxygen atoms in total. The molecule has 2 heteroatoms. The Morgan fingerprint density at radius 2 is 1.83 bits per heavy atom. The molecule has 0 fully saturated rings. The Bertz CT molecular complexity index is 220. The molecular formula is C10H17NO. The summed E-state index contributed by atoms with van der Waals surface area (Å²) in [7, 11) is 0. The van der Waals surface area contributed by atoms with Crippen molar-refractivity contribution in [2.24, 2.45) is 0 Å². The number of rotatable bonds is 0. The molecule has 0 saturated heterocycles. The summed E-state index contributed by atoms with van der Waals surface area (Å²) in [5, 5.41) is 0. The average Bonchev–Trinajstić information content (AvgIpc) is 2.58. The van der Waals surface area contributed by atoms with E-state index >= 15 is 0 Å². The van der Waals surface area contributed by atoms with E-state index in [1.165, 1.54) is 0 Å². The van der Waals surface area contributed by atoms with Crippen LogP contribution >= 0.6 is 0 Å². The van der Waals surface area contributed by atoms with Crippen LogP contribution in [0.3, 0.4) is 0 Å². The van der Waals surface area contributed by atoms with Gasteiger partial charge in [-0.25, -0.2) is 4.98 Å². The van der Waals surface area contributed by atoms with Gasteiger partial charge in [0.2, 0.25) is 0 Å². The van der Waals surface area contributed by atoms with E-state index in [1.807, 2.05) is 27.7 Å². The summed E-state index contributed by atoms with van der Waals surface area (Å²) in [4.78, 5) is 3.73. The average molecular weight is 167 g/mol. The summed E-state index contributed by atoms with van der Waals surface area (Å²) in [5.74, 6) is 3.37. The van der Waals surface area contributed by atoms with Crippen molar-refractivity contribution in [2.45, 2.75) is 34.6 Å². The smallest absolute Gasteiger partial charge is 0.273 e. The van der Waals surface area contributed by atoms with Gasteiger partial charge in [0.25, 0.3) is 5.89 Å². The number of aryl methyl sites for hydroxylation is 1. The molecule has 0 amide bonds. The Kier molecular flexibility index (Phi) is 10.9. The SMILES string of the molecule is C#Cc1ncc(C)o1.CC.CC. The first kappa shape index (κ1) is 13.4. The second-order valence-corrected chi connectivity index (χ2v) is 1.42. The van der Waals surface area contributed by atoms with Crippen LogP contribution < -0.4 is 0 Å². The van der Waals surface area contributed by atoms with Crippen LogP contribution in [0.1, 0.15) is 39.3 Å². The van der Waals surface area contributed by atoms with Crippen molar-refractivity contribution in [3.8, 4) is 12.3 Å². The van der Waals surface area contributed by atoms with Crippen LogP contribution in [0.4, 0.5) is 0 Å². The summed E-state index contributed by atoms with van der Waals surface area (Å²) in [6.45, 7) is 9.80. The van der Waals surface area contributed by atoms with Crippen LogP contribution in [-0.2, 0) is 0 Å². The number of oxazole rings is 1. The van der Waals surface area contributed by atoms with Crippen molar-refractivity contribution in [2.75, 3.05) is 0 Å². The van der Waals surface area contributed by atoms with E-state index in [1.54, 1.807) is 13.1 Å². The molecular weight excluding hydrogens is 150 g/mol. The van der Waals surface area contributed by atoms with Gasteiger partial charge in [0.05, 0.1) is 6.20 Å². The second kappa shape index (κ2) is 9.77. The molecule has 0 bridgehead atoms.